The Balaban J connectivity index is 3.08. The molecule has 15 heavy (non-hydrogen) atoms. The zero-order valence-corrected chi connectivity index (χ0v) is 10.00. The quantitative estimate of drug-likeness (QED) is 0.570. The molecule has 0 aromatic rings. The molecule has 3 nitrogen and oxygen atoms in total. The van der Waals surface area contributed by atoms with E-state index in [0.29, 0.717) is 6.61 Å². The molecule has 0 aliphatic rings. The van der Waals surface area contributed by atoms with Gasteiger partial charge in [0, 0.05) is 6.61 Å². The van der Waals surface area contributed by atoms with E-state index in [2.05, 4.69) is 6.92 Å². The number of carboxylic acids is 1. The fourth-order valence-corrected chi connectivity index (χ4v) is 1.39. The maximum atomic E-state index is 10.4. The number of carboxylic acid groups (broad SMARTS) is 1. The number of unbranched alkanes of at least 4 members (excludes halogenated alkanes) is 6. The fraction of sp³-hybridized carbons (Fsp3) is 0.917. The van der Waals surface area contributed by atoms with Gasteiger partial charge in [-0.3, -0.25) is 0 Å². The van der Waals surface area contributed by atoms with Gasteiger partial charge in [-0.1, -0.05) is 45.4 Å². The Morgan fingerprint density at radius 3 is 2.20 bits per heavy atom. The van der Waals surface area contributed by atoms with E-state index in [1.54, 1.807) is 6.92 Å². The predicted molar refractivity (Wildman–Crippen MR) is 61.0 cm³/mol. The Hall–Kier alpha value is -0.570. The lowest BCUT2D eigenvalue weighted by molar-refractivity contribution is -0.149. The SMILES string of the molecule is CCCCCCCCCO[C@H](C)C(=O)O. The molecule has 0 aliphatic carbocycles. The van der Waals surface area contributed by atoms with Crippen molar-refractivity contribution in [2.24, 2.45) is 0 Å². The van der Waals surface area contributed by atoms with E-state index >= 15 is 0 Å². The van der Waals surface area contributed by atoms with E-state index < -0.39 is 12.1 Å². The van der Waals surface area contributed by atoms with Crippen LogP contribution in [0, 0.1) is 0 Å². The third-order valence-corrected chi connectivity index (χ3v) is 2.46. The lowest BCUT2D eigenvalue weighted by atomic mass is 10.1. The van der Waals surface area contributed by atoms with Crippen molar-refractivity contribution in [1.82, 2.24) is 0 Å². The zero-order valence-electron chi connectivity index (χ0n) is 10.00. The summed E-state index contributed by atoms with van der Waals surface area (Å²) in [6.45, 7) is 4.35. The lowest BCUT2D eigenvalue weighted by Gasteiger charge is -2.07. The third-order valence-electron chi connectivity index (χ3n) is 2.46. The monoisotopic (exact) mass is 216 g/mol. The second-order valence-electron chi connectivity index (χ2n) is 3.97. The number of ether oxygens (including phenoxy) is 1. The molecule has 3 heteroatoms. The topological polar surface area (TPSA) is 46.5 Å². The van der Waals surface area contributed by atoms with Crippen LogP contribution in [0.3, 0.4) is 0 Å². The van der Waals surface area contributed by atoms with Gasteiger partial charge >= 0.3 is 5.97 Å². The minimum Gasteiger partial charge on any atom is -0.479 e. The van der Waals surface area contributed by atoms with Gasteiger partial charge in [-0.05, 0) is 13.3 Å². The summed E-state index contributed by atoms with van der Waals surface area (Å²) in [5.41, 5.74) is 0. The van der Waals surface area contributed by atoms with Crippen LogP contribution in [0.1, 0.15) is 58.8 Å². The predicted octanol–water partition coefficient (Wildman–Crippen LogP) is 3.23. The standard InChI is InChI=1S/C12H24O3/c1-3-4-5-6-7-8-9-10-15-11(2)12(13)14/h11H,3-10H2,1-2H3,(H,13,14)/t11-/m1/s1. The maximum Gasteiger partial charge on any atom is 0.332 e. The van der Waals surface area contributed by atoms with Crippen LogP contribution in [0.15, 0.2) is 0 Å². The van der Waals surface area contributed by atoms with Gasteiger partial charge < -0.3 is 9.84 Å². The van der Waals surface area contributed by atoms with Crippen LogP contribution in [0.25, 0.3) is 0 Å². The molecular formula is C12H24O3. The molecule has 90 valence electrons. The number of hydrogen-bond donors (Lipinski definition) is 1. The molecule has 1 N–H and O–H groups in total. The van der Waals surface area contributed by atoms with Gasteiger partial charge in [-0.2, -0.15) is 0 Å². The zero-order chi connectivity index (χ0) is 11.5. The first kappa shape index (κ1) is 14.4. The highest BCUT2D eigenvalue weighted by Crippen LogP contribution is 2.07. The van der Waals surface area contributed by atoms with E-state index in [4.69, 9.17) is 9.84 Å². The van der Waals surface area contributed by atoms with Crippen LogP contribution < -0.4 is 0 Å². The van der Waals surface area contributed by atoms with E-state index in [9.17, 15) is 4.79 Å². The maximum absolute atomic E-state index is 10.4. The largest absolute Gasteiger partial charge is 0.479 e. The lowest BCUT2D eigenvalue weighted by Crippen LogP contribution is -2.20. The van der Waals surface area contributed by atoms with Crippen LogP contribution >= 0.6 is 0 Å². The molecule has 0 rings (SSSR count). The summed E-state index contributed by atoms with van der Waals surface area (Å²) in [5, 5.41) is 8.56. The number of rotatable bonds is 10. The molecule has 0 saturated heterocycles. The highest BCUT2D eigenvalue weighted by molar-refractivity contribution is 5.71. The molecule has 0 aromatic carbocycles. The minimum absolute atomic E-state index is 0.571. The highest BCUT2D eigenvalue weighted by Gasteiger charge is 2.09. The Kier molecular flexibility index (Phi) is 9.59. The van der Waals surface area contributed by atoms with Gasteiger partial charge in [0.1, 0.15) is 0 Å². The van der Waals surface area contributed by atoms with Crippen LogP contribution in [0.4, 0.5) is 0 Å². The number of carbonyl (C=O) groups is 1. The summed E-state index contributed by atoms with van der Waals surface area (Å²) in [5.74, 6) is -0.877. The minimum atomic E-state index is -0.877. The van der Waals surface area contributed by atoms with Gasteiger partial charge in [-0.25, -0.2) is 4.79 Å². The first-order valence-corrected chi connectivity index (χ1v) is 6.03. The molecule has 0 aromatic heterocycles. The van der Waals surface area contributed by atoms with Gasteiger partial charge in [-0.15, -0.1) is 0 Å². The van der Waals surface area contributed by atoms with Gasteiger partial charge in [0.2, 0.25) is 0 Å². The molecule has 1 atom stereocenters. The molecule has 0 fully saturated rings. The van der Waals surface area contributed by atoms with Gasteiger partial charge in [0.15, 0.2) is 6.10 Å². The van der Waals surface area contributed by atoms with Crippen molar-refractivity contribution in [3.05, 3.63) is 0 Å². The Morgan fingerprint density at radius 2 is 1.67 bits per heavy atom. The van der Waals surface area contributed by atoms with E-state index in [-0.39, 0.29) is 0 Å². The molecule has 0 spiro atoms. The summed E-state index contributed by atoms with van der Waals surface area (Å²) in [4.78, 5) is 10.4. The molecule has 0 unspecified atom stereocenters. The number of aliphatic carboxylic acids is 1. The van der Waals surface area contributed by atoms with Crippen molar-refractivity contribution in [3.63, 3.8) is 0 Å². The Bertz CT molecular complexity index is 157. The third kappa shape index (κ3) is 9.73. The summed E-state index contributed by atoms with van der Waals surface area (Å²) in [7, 11) is 0. The van der Waals surface area contributed by atoms with Crippen LogP contribution in [-0.4, -0.2) is 23.8 Å². The first-order valence-electron chi connectivity index (χ1n) is 6.03. The van der Waals surface area contributed by atoms with Crippen LogP contribution in [0.5, 0.6) is 0 Å². The second kappa shape index (κ2) is 9.97. The normalized spacial score (nSPS) is 12.7. The van der Waals surface area contributed by atoms with Crippen molar-refractivity contribution in [2.45, 2.75) is 64.9 Å². The Labute approximate surface area is 92.8 Å². The summed E-state index contributed by atoms with van der Waals surface area (Å²) < 4.78 is 5.13. The van der Waals surface area contributed by atoms with Crippen molar-refractivity contribution in [3.8, 4) is 0 Å². The van der Waals surface area contributed by atoms with Crippen LogP contribution in [-0.2, 0) is 9.53 Å². The average Bonchev–Trinajstić information content (AvgIpc) is 2.21. The molecule has 0 amide bonds. The van der Waals surface area contributed by atoms with Crippen molar-refractivity contribution < 1.29 is 14.6 Å². The van der Waals surface area contributed by atoms with E-state index in [0.717, 1.165) is 12.8 Å². The Morgan fingerprint density at radius 1 is 1.13 bits per heavy atom. The molecule has 0 radical (unpaired) electrons. The highest BCUT2D eigenvalue weighted by atomic mass is 16.5. The molecular weight excluding hydrogens is 192 g/mol. The summed E-state index contributed by atoms with van der Waals surface area (Å²) in [6, 6.07) is 0. The van der Waals surface area contributed by atoms with Crippen molar-refractivity contribution >= 4 is 5.97 Å². The summed E-state index contributed by atoms with van der Waals surface area (Å²) in [6.07, 6.45) is 7.92. The van der Waals surface area contributed by atoms with Crippen molar-refractivity contribution in [2.75, 3.05) is 6.61 Å². The van der Waals surface area contributed by atoms with Crippen LogP contribution in [0.2, 0.25) is 0 Å². The first-order chi connectivity index (χ1) is 7.18. The van der Waals surface area contributed by atoms with Gasteiger partial charge in [0.25, 0.3) is 0 Å². The number of hydrogen-bond acceptors (Lipinski definition) is 2. The van der Waals surface area contributed by atoms with E-state index in [1.807, 2.05) is 0 Å². The average molecular weight is 216 g/mol. The molecule has 0 aliphatic heterocycles. The molecule has 0 heterocycles. The summed E-state index contributed by atoms with van der Waals surface area (Å²) >= 11 is 0. The smallest absolute Gasteiger partial charge is 0.332 e. The molecule has 0 bridgehead atoms. The van der Waals surface area contributed by atoms with E-state index in [1.165, 1.54) is 32.1 Å². The van der Waals surface area contributed by atoms with Gasteiger partial charge in [0.05, 0.1) is 0 Å². The van der Waals surface area contributed by atoms with Crippen molar-refractivity contribution in [1.29, 1.82) is 0 Å². The fourth-order valence-electron chi connectivity index (χ4n) is 1.39. The second-order valence-corrected chi connectivity index (χ2v) is 3.97. The molecule has 0 saturated carbocycles.